The Morgan fingerprint density at radius 2 is 2.14 bits per heavy atom. The number of carbonyl (C=O) groups excluding carboxylic acids is 1. The van der Waals surface area contributed by atoms with Crippen molar-refractivity contribution in [2.24, 2.45) is 18.9 Å². The first-order valence-electron chi connectivity index (χ1n) is 7.39. The number of aryl methyl sites for hydroxylation is 1. The van der Waals surface area contributed by atoms with Crippen molar-refractivity contribution in [2.75, 3.05) is 23.3 Å². The van der Waals surface area contributed by atoms with Crippen LogP contribution in [0.15, 0.2) is 24.4 Å². The van der Waals surface area contributed by atoms with E-state index < -0.39 is 0 Å². The van der Waals surface area contributed by atoms with Gasteiger partial charge in [0.05, 0.1) is 5.92 Å². The van der Waals surface area contributed by atoms with Crippen LogP contribution in [-0.2, 0) is 11.8 Å². The summed E-state index contributed by atoms with van der Waals surface area (Å²) in [6, 6.07) is 5.82. The van der Waals surface area contributed by atoms with Gasteiger partial charge in [-0.2, -0.15) is 0 Å². The lowest BCUT2D eigenvalue weighted by molar-refractivity contribution is -0.120. The summed E-state index contributed by atoms with van der Waals surface area (Å²) in [5, 5.41) is 10.8. The van der Waals surface area contributed by atoms with Gasteiger partial charge >= 0.3 is 0 Å². The highest BCUT2D eigenvalue weighted by Gasteiger charge is 2.35. The second-order valence-electron chi connectivity index (χ2n) is 5.80. The molecule has 1 fully saturated rings. The number of hydrogen-bond donors (Lipinski definition) is 1. The summed E-state index contributed by atoms with van der Waals surface area (Å²) >= 11 is 0. The van der Waals surface area contributed by atoms with E-state index in [0.29, 0.717) is 12.5 Å². The summed E-state index contributed by atoms with van der Waals surface area (Å²) in [6.45, 7) is 5.44. The van der Waals surface area contributed by atoms with Crippen LogP contribution in [-0.4, -0.2) is 38.7 Å². The van der Waals surface area contributed by atoms with E-state index in [2.05, 4.69) is 32.3 Å². The second kappa shape index (κ2) is 5.75. The van der Waals surface area contributed by atoms with Crippen LogP contribution >= 0.6 is 0 Å². The summed E-state index contributed by atoms with van der Waals surface area (Å²) in [4.78, 5) is 19.0. The fourth-order valence-corrected chi connectivity index (χ4v) is 2.75. The molecular weight excluding hydrogens is 280 g/mol. The highest BCUT2D eigenvalue weighted by atomic mass is 16.2. The number of nitrogens with zero attached hydrogens (tertiary/aromatic N) is 5. The molecule has 1 aliphatic rings. The summed E-state index contributed by atoms with van der Waals surface area (Å²) in [6.07, 6.45) is 1.77. The van der Waals surface area contributed by atoms with Crippen molar-refractivity contribution < 1.29 is 4.79 Å². The average molecular weight is 300 g/mol. The molecule has 0 bridgehead atoms. The minimum absolute atomic E-state index is 0.0126. The summed E-state index contributed by atoms with van der Waals surface area (Å²) in [7, 11) is 1.84. The molecule has 7 nitrogen and oxygen atoms in total. The van der Waals surface area contributed by atoms with Gasteiger partial charge in [0, 0.05) is 26.3 Å². The highest BCUT2D eigenvalue weighted by Crippen LogP contribution is 2.27. The van der Waals surface area contributed by atoms with Gasteiger partial charge in [0.1, 0.15) is 11.6 Å². The molecule has 1 aliphatic heterocycles. The van der Waals surface area contributed by atoms with Crippen LogP contribution < -0.4 is 10.2 Å². The predicted molar refractivity (Wildman–Crippen MR) is 83.5 cm³/mol. The first-order chi connectivity index (χ1) is 10.6. The van der Waals surface area contributed by atoms with Gasteiger partial charge in [0.25, 0.3) is 0 Å². The molecule has 0 radical (unpaired) electrons. The van der Waals surface area contributed by atoms with E-state index in [0.717, 1.165) is 18.2 Å². The number of rotatable bonds is 3. The third-order valence-corrected chi connectivity index (χ3v) is 4.25. The zero-order valence-electron chi connectivity index (χ0n) is 13.0. The molecule has 7 heteroatoms. The first-order valence-corrected chi connectivity index (χ1v) is 7.39. The maximum atomic E-state index is 12.5. The Morgan fingerprint density at radius 3 is 2.77 bits per heavy atom. The van der Waals surface area contributed by atoms with Crippen molar-refractivity contribution in [3.05, 3.63) is 30.2 Å². The van der Waals surface area contributed by atoms with Crippen LogP contribution in [0, 0.1) is 18.8 Å². The molecule has 2 aromatic rings. The largest absolute Gasteiger partial charge is 0.356 e. The Balaban J connectivity index is 1.70. The van der Waals surface area contributed by atoms with Crippen LogP contribution in [0.1, 0.15) is 12.7 Å². The van der Waals surface area contributed by atoms with Crippen molar-refractivity contribution in [2.45, 2.75) is 13.8 Å². The fourth-order valence-electron chi connectivity index (χ4n) is 2.75. The quantitative estimate of drug-likeness (QED) is 0.922. The van der Waals surface area contributed by atoms with Crippen molar-refractivity contribution in [1.82, 2.24) is 19.7 Å². The van der Waals surface area contributed by atoms with Crippen LogP contribution in [0.2, 0.25) is 0 Å². The van der Waals surface area contributed by atoms with E-state index in [1.165, 1.54) is 0 Å². The molecule has 116 valence electrons. The lowest BCUT2D eigenvalue weighted by Gasteiger charge is -2.16. The lowest BCUT2D eigenvalue weighted by Crippen LogP contribution is -2.29. The number of aromatic nitrogens is 4. The Hall–Kier alpha value is -2.44. The number of carbonyl (C=O) groups is 1. The highest BCUT2D eigenvalue weighted by molar-refractivity contribution is 5.92. The van der Waals surface area contributed by atoms with Crippen molar-refractivity contribution >= 4 is 17.7 Å². The standard InChI is InChI=1S/C15H20N6O/c1-10-8-21(13-6-4-5-7-16-13)9-12(10)14(22)17-15-19-18-11(2)20(15)3/h4-7,10,12H,8-9H2,1-3H3,(H,17,19,22)/t10-,12-/m1/s1. The molecule has 2 aromatic heterocycles. The SMILES string of the molecule is Cc1nnc(NC(=O)[C@@H]2CN(c3ccccn3)C[C@H]2C)n1C. The Bertz CT molecular complexity index is 668. The van der Waals surface area contributed by atoms with Crippen LogP contribution in [0.3, 0.4) is 0 Å². The number of nitrogens with one attached hydrogen (secondary N) is 1. The van der Waals surface area contributed by atoms with Gasteiger partial charge in [0.15, 0.2) is 0 Å². The van der Waals surface area contributed by atoms with E-state index in [-0.39, 0.29) is 17.7 Å². The van der Waals surface area contributed by atoms with Gasteiger partial charge in [-0.1, -0.05) is 13.0 Å². The normalized spacial score (nSPS) is 21.1. The molecule has 3 rings (SSSR count). The Morgan fingerprint density at radius 1 is 1.32 bits per heavy atom. The van der Waals surface area contributed by atoms with Crippen LogP contribution in [0.4, 0.5) is 11.8 Å². The smallest absolute Gasteiger partial charge is 0.231 e. The molecule has 3 heterocycles. The molecule has 22 heavy (non-hydrogen) atoms. The zero-order chi connectivity index (χ0) is 15.7. The molecule has 1 saturated heterocycles. The van der Waals surface area contributed by atoms with Crippen molar-refractivity contribution in [3.63, 3.8) is 0 Å². The second-order valence-corrected chi connectivity index (χ2v) is 5.80. The van der Waals surface area contributed by atoms with E-state index >= 15 is 0 Å². The van der Waals surface area contributed by atoms with Gasteiger partial charge < -0.3 is 9.47 Å². The lowest BCUT2D eigenvalue weighted by atomic mass is 9.97. The monoisotopic (exact) mass is 300 g/mol. The Labute approximate surface area is 129 Å². The van der Waals surface area contributed by atoms with Gasteiger partial charge in [0.2, 0.25) is 11.9 Å². The Kier molecular flexibility index (Phi) is 3.79. The third kappa shape index (κ3) is 2.66. The summed E-state index contributed by atoms with van der Waals surface area (Å²) in [5.41, 5.74) is 0. The summed E-state index contributed by atoms with van der Waals surface area (Å²) in [5.74, 6) is 2.34. The molecule has 2 atom stereocenters. The predicted octanol–water partition coefficient (Wildman–Crippen LogP) is 1.23. The number of anilines is 2. The molecule has 0 aromatic carbocycles. The van der Waals surface area contributed by atoms with Gasteiger partial charge in [-0.15, -0.1) is 10.2 Å². The minimum atomic E-state index is -0.0842. The topological polar surface area (TPSA) is 75.9 Å². The zero-order valence-corrected chi connectivity index (χ0v) is 13.0. The molecule has 0 aliphatic carbocycles. The summed E-state index contributed by atoms with van der Waals surface area (Å²) < 4.78 is 1.77. The third-order valence-electron chi connectivity index (χ3n) is 4.25. The van der Waals surface area contributed by atoms with Crippen LogP contribution in [0.25, 0.3) is 0 Å². The molecule has 0 unspecified atom stereocenters. The molecule has 0 spiro atoms. The van der Waals surface area contributed by atoms with Gasteiger partial charge in [-0.05, 0) is 25.0 Å². The number of pyridine rings is 1. The molecule has 1 amide bonds. The van der Waals surface area contributed by atoms with Crippen LogP contribution in [0.5, 0.6) is 0 Å². The molecular formula is C15H20N6O. The van der Waals surface area contributed by atoms with Gasteiger partial charge in [-0.3, -0.25) is 10.1 Å². The fraction of sp³-hybridized carbons (Fsp3) is 0.467. The van der Waals surface area contributed by atoms with E-state index in [1.807, 2.05) is 32.2 Å². The van der Waals surface area contributed by atoms with E-state index in [4.69, 9.17) is 0 Å². The van der Waals surface area contributed by atoms with E-state index in [9.17, 15) is 4.79 Å². The van der Waals surface area contributed by atoms with E-state index in [1.54, 1.807) is 10.8 Å². The van der Waals surface area contributed by atoms with Crippen molar-refractivity contribution in [3.8, 4) is 0 Å². The minimum Gasteiger partial charge on any atom is -0.356 e. The number of hydrogen-bond acceptors (Lipinski definition) is 5. The number of amides is 1. The molecule has 0 saturated carbocycles. The van der Waals surface area contributed by atoms with Crippen molar-refractivity contribution in [1.29, 1.82) is 0 Å². The van der Waals surface area contributed by atoms with Gasteiger partial charge in [-0.25, -0.2) is 4.98 Å². The molecule has 1 N–H and O–H groups in total. The maximum Gasteiger partial charge on any atom is 0.231 e. The average Bonchev–Trinajstić information content (AvgIpc) is 3.06. The first kappa shape index (κ1) is 14.5. The maximum absolute atomic E-state index is 12.5.